The van der Waals surface area contributed by atoms with Gasteiger partial charge in [-0.1, -0.05) is 0 Å². The molecule has 0 aliphatic carbocycles. The highest BCUT2D eigenvalue weighted by Gasteiger charge is 2.44. The first-order chi connectivity index (χ1) is 9.42. The van der Waals surface area contributed by atoms with Crippen molar-refractivity contribution in [3.63, 3.8) is 0 Å². The van der Waals surface area contributed by atoms with Gasteiger partial charge in [0.15, 0.2) is 0 Å². The van der Waals surface area contributed by atoms with Crippen LogP contribution >= 0.6 is 0 Å². The predicted molar refractivity (Wildman–Crippen MR) is 67.6 cm³/mol. The number of rotatable bonds is 4. The molecule has 0 aromatic heterocycles. The Kier molecular flexibility index (Phi) is 4.70. The van der Waals surface area contributed by atoms with Gasteiger partial charge >= 0.3 is 18.5 Å². The van der Waals surface area contributed by atoms with Gasteiger partial charge in [-0.15, -0.1) is 0 Å². The average Bonchev–Trinajstić information content (AvgIpc) is 2.29. The van der Waals surface area contributed by atoms with E-state index >= 15 is 0 Å². The summed E-state index contributed by atoms with van der Waals surface area (Å²) in [5.41, 5.74) is 4.29. The lowest BCUT2D eigenvalue weighted by Gasteiger charge is -2.20. The van der Waals surface area contributed by atoms with Crippen LogP contribution in [-0.2, 0) is 4.74 Å². The second-order valence-electron chi connectivity index (χ2n) is 5.22. The van der Waals surface area contributed by atoms with Gasteiger partial charge in [0.25, 0.3) is 0 Å². The summed E-state index contributed by atoms with van der Waals surface area (Å²) in [6.07, 6.45) is -8.66. The number of carbonyl (C=O) groups is 1. The molecule has 4 nitrogen and oxygen atoms in total. The molecule has 0 saturated heterocycles. The molecule has 0 atom stereocenters. The zero-order chi connectivity index (χ0) is 16.4. The Morgan fingerprint density at radius 1 is 1.24 bits per heavy atom. The Morgan fingerprint density at radius 2 is 1.81 bits per heavy atom. The van der Waals surface area contributed by atoms with E-state index in [4.69, 9.17) is 10.5 Å². The minimum atomic E-state index is -4.67. The summed E-state index contributed by atoms with van der Waals surface area (Å²) in [5.74, 6) is -1.37. The fraction of sp³-hybridized carbons (Fsp3) is 0.462. The van der Waals surface area contributed by atoms with Crippen LogP contribution in [0.3, 0.4) is 0 Å². The summed E-state index contributed by atoms with van der Waals surface area (Å²) in [6.45, 7) is 4.94. The molecule has 0 saturated carbocycles. The number of benzene rings is 1. The fourth-order valence-electron chi connectivity index (χ4n) is 1.30. The first kappa shape index (κ1) is 17.1. The maximum absolute atomic E-state index is 12.8. The molecular weight excluding hydrogens is 294 g/mol. The molecule has 0 aliphatic heterocycles. The summed E-state index contributed by atoms with van der Waals surface area (Å²) in [4.78, 5) is 11.7. The number of hydrogen-bond donors (Lipinski definition) is 1. The topological polar surface area (TPSA) is 61.5 Å². The van der Waals surface area contributed by atoms with Gasteiger partial charge in [-0.05, 0) is 39.0 Å². The van der Waals surface area contributed by atoms with Crippen LogP contribution in [0.15, 0.2) is 18.2 Å². The number of esters is 1. The van der Waals surface area contributed by atoms with Crippen LogP contribution in [0.1, 0.15) is 31.1 Å². The molecule has 0 unspecified atom stereocenters. The lowest BCUT2D eigenvalue weighted by Crippen LogP contribution is -2.33. The summed E-state index contributed by atoms with van der Waals surface area (Å²) in [7, 11) is 0. The second-order valence-corrected chi connectivity index (χ2v) is 5.22. The molecule has 0 amide bonds. The Balaban J connectivity index is 2.94. The van der Waals surface area contributed by atoms with Crippen molar-refractivity contribution in [3.8, 4) is 5.75 Å². The Hall–Kier alpha value is -1.99. The summed E-state index contributed by atoms with van der Waals surface area (Å²) in [6, 6.07) is 3.02. The molecule has 1 rings (SSSR count). The van der Waals surface area contributed by atoms with E-state index in [1.54, 1.807) is 20.8 Å². The molecule has 0 spiro atoms. The van der Waals surface area contributed by atoms with Crippen molar-refractivity contribution in [2.75, 3.05) is 5.73 Å². The molecule has 0 fully saturated rings. The molecule has 0 heterocycles. The molecule has 8 heteroatoms. The Morgan fingerprint density at radius 3 is 2.24 bits per heavy atom. The maximum Gasteiger partial charge on any atom is 0.461 e. The number of nitrogens with two attached hydrogens (primary N) is 1. The number of alkyl halides is 4. The van der Waals surface area contributed by atoms with Gasteiger partial charge in [-0.25, -0.2) is 4.79 Å². The number of halogens is 4. The summed E-state index contributed by atoms with van der Waals surface area (Å²) >= 11 is 0. The molecule has 21 heavy (non-hydrogen) atoms. The molecule has 118 valence electrons. The molecule has 2 N–H and O–H groups in total. The van der Waals surface area contributed by atoms with E-state index in [0.29, 0.717) is 0 Å². The Labute approximate surface area is 118 Å². The van der Waals surface area contributed by atoms with E-state index in [1.165, 1.54) is 0 Å². The van der Waals surface area contributed by atoms with Crippen LogP contribution in [0.4, 0.5) is 23.2 Å². The van der Waals surface area contributed by atoms with Gasteiger partial charge in [-0.3, -0.25) is 0 Å². The van der Waals surface area contributed by atoms with Crippen LogP contribution < -0.4 is 10.5 Å². The summed E-state index contributed by atoms with van der Waals surface area (Å²) in [5, 5.41) is 0. The minimum absolute atomic E-state index is 0.00450. The van der Waals surface area contributed by atoms with Gasteiger partial charge in [0.05, 0.1) is 11.3 Å². The lowest BCUT2D eigenvalue weighted by molar-refractivity contribution is -0.252. The van der Waals surface area contributed by atoms with Crippen molar-refractivity contribution >= 4 is 11.7 Å². The summed E-state index contributed by atoms with van der Waals surface area (Å²) < 4.78 is 58.5. The van der Waals surface area contributed by atoms with Crippen molar-refractivity contribution in [1.82, 2.24) is 0 Å². The number of anilines is 1. The van der Waals surface area contributed by atoms with Crippen LogP contribution in [0.2, 0.25) is 0 Å². The van der Waals surface area contributed by atoms with Crippen molar-refractivity contribution in [1.29, 1.82) is 0 Å². The quantitative estimate of drug-likeness (QED) is 0.525. The van der Waals surface area contributed by atoms with E-state index in [1.807, 2.05) is 0 Å². The average molecular weight is 309 g/mol. The molecule has 0 bridgehead atoms. The normalized spacial score (nSPS) is 12.4. The van der Waals surface area contributed by atoms with E-state index in [-0.39, 0.29) is 11.3 Å². The third kappa shape index (κ3) is 4.80. The highest BCUT2D eigenvalue weighted by atomic mass is 19.3. The van der Waals surface area contributed by atoms with Crippen LogP contribution in [0, 0.1) is 0 Å². The molecule has 1 aromatic carbocycles. The van der Waals surface area contributed by atoms with Gasteiger partial charge in [0.1, 0.15) is 11.4 Å². The van der Waals surface area contributed by atoms with Crippen LogP contribution in [0.5, 0.6) is 5.75 Å². The van der Waals surface area contributed by atoms with Gasteiger partial charge in [-0.2, -0.15) is 17.6 Å². The number of carbonyl (C=O) groups excluding carboxylic acids is 1. The second kappa shape index (κ2) is 5.79. The third-order valence-electron chi connectivity index (χ3n) is 2.14. The van der Waals surface area contributed by atoms with Crippen molar-refractivity contribution in [2.45, 2.75) is 38.9 Å². The van der Waals surface area contributed by atoms with Crippen molar-refractivity contribution < 1.29 is 31.8 Å². The minimum Gasteiger partial charge on any atom is -0.456 e. The van der Waals surface area contributed by atoms with Gasteiger partial charge < -0.3 is 15.2 Å². The Bertz CT molecular complexity index is 527. The van der Waals surface area contributed by atoms with Crippen molar-refractivity contribution in [3.05, 3.63) is 23.8 Å². The van der Waals surface area contributed by atoms with E-state index in [9.17, 15) is 22.4 Å². The number of hydrogen-bond acceptors (Lipinski definition) is 4. The molecule has 0 radical (unpaired) electrons. The zero-order valence-electron chi connectivity index (χ0n) is 11.6. The van der Waals surface area contributed by atoms with E-state index < -0.39 is 29.9 Å². The third-order valence-corrected chi connectivity index (χ3v) is 2.14. The first-order valence-corrected chi connectivity index (χ1v) is 5.90. The molecule has 1 aromatic rings. The first-order valence-electron chi connectivity index (χ1n) is 5.90. The standard InChI is InChI=1S/C13H15F4NO3/c1-12(2,3)21-10(19)7-4-5-9(8(18)6-7)20-13(16,17)11(14)15/h4-6,11H,18H2,1-3H3. The smallest absolute Gasteiger partial charge is 0.456 e. The maximum atomic E-state index is 12.8. The number of nitrogen functional groups attached to an aromatic ring is 1. The number of ether oxygens (including phenoxy) is 2. The monoisotopic (exact) mass is 309 g/mol. The zero-order valence-corrected chi connectivity index (χ0v) is 11.6. The lowest BCUT2D eigenvalue weighted by atomic mass is 10.1. The van der Waals surface area contributed by atoms with Gasteiger partial charge in [0.2, 0.25) is 0 Å². The highest BCUT2D eigenvalue weighted by Crippen LogP contribution is 2.32. The van der Waals surface area contributed by atoms with Crippen molar-refractivity contribution in [2.24, 2.45) is 0 Å². The molecular formula is C13H15F4NO3. The molecule has 0 aliphatic rings. The predicted octanol–water partition coefficient (Wildman–Crippen LogP) is 3.46. The van der Waals surface area contributed by atoms with E-state index in [0.717, 1.165) is 18.2 Å². The van der Waals surface area contributed by atoms with Gasteiger partial charge in [0, 0.05) is 0 Å². The highest BCUT2D eigenvalue weighted by molar-refractivity contribution is 5.91. The fourth-order valence-corrected chi connectivity index (χ4v) is 1.30. The largest absolute Gasteiger partial charge is 0.461 e. The van der Waals surface area contributed by atoms with Crippen LogP contribution in [0.25, 0.3) is 0 Å². The SMILES string of the molecule is CC(C)(C)OC(=O)c1ccc(OC(F)(F)C(F)F)c(N)c1. The van der Waals surface area contributed by atoms with E-state index in [2.05, 4.69) is 4.74 Å². The van der Waals surface area contributed by atoms with Crippen LogP contribution in [-0.4, -0.2) is 24.1 Å².